The van der Waals surface area contributed by atoms with Crippen molar-refractivity contribution in [1.82, 2.24) is 30.1 Å². The summed E-state index contributed by atoms with van der Waals surface area (Å²) in [5.41, 5.74) is 6.82. The van der Waals surface area contributed by atoms with Crippen LogP contribution in [-0.4, -0.2) is 62.9 Å². The van der Waals surface area contributed by atoms with Gasteiger partial charge in [0.05, 0.1) is 36.3 Å². The second-order valence-corrected chi connectivity index (χ2v) is 14.7. The number of carbonyl (C=O) groups excluding carboxylic acids is 3. The Morgan fingerprint density at radius 3 is 2.18 bits per heavy atom. The molecule has 0 bridgehead atoms. The van der Waals surface area contributed by atoms with Gasteiger partial charge in [-0.2, -0.15) is 0 Å². The number of oxazole rings is 1. The summed E-state index contributed by atoms with van der Waals surface area (Å²) in [6.45, 7) is 3.24. The maximum Gasteiger partial charge on any atom is 0.407 e. The van der Waals surface area contributed by atoms with Gasteiger partial charge in [0.2, 0.25) is 11.8 Å². The van der Waals surface area contributed by atoms with Crippen LogP contribution in [0.3, 0.4) is 0 Å². The molecule has 0 radical (unpaired) electrons. The molecule has 0 spiro atoms. The Morgan fingerprint density at radius 2 is 1.46 bits per heavy atom. The van der Waals surface area contributed by atoms with Gasteiger partial charge in [0.1, 0.15) is 17.9 Å². The Kier molecular flexibility index (Phi) is 10.7. The van der Waals surface area contributed by atoms with Gasteiger partial charge in [-0.15, -0.1) is 0 Å². The summed E-state index contributed by atoms with van der Waals surface area (Å²) in [6, 6.07) is 32.5. The van der Waals surface area contributed by atoms with E-state index in [1.54, 1.807) is 6.20 Å². The van der Waals surface area contributed by atoms with E-state index in [9.17, 15) is 14.4 Å². The number of nitrogens with zero attached hydrogens (tertiary/aromatic N) is 4. The zero-order valence-electron chi connectivity index (χ0n) is 31.7. The lowest BCUT2D eigenvalue weighted by Gasteiger charge is -2.28. The van der Waals surface area contributed by atoms with E-state index in [-0.39, 0.29) is 29.8 Å². The number of aromatic nitrogens is 3. The summed E-state index contributed by atoms with van der Waals surface area (Å²) in [4.78, 5) is 56.4. The Labute approximate surface area is 326 Å². The number of rotatable bonds is 11. The highest BCUT2D eigenvalue weighted by atomic mass is 16.5. The van der Waals surface area contributed by atoms with Crippen molar-refractivity contribution in [1.29, 1.82) is 0 Å². The van der Waals surface area contributed by atoms with Crippen LogP contribution in [0.15, 0.2) is 114 Å². The average Bonchev–Trinajstić information content (AvgIpc) is 4.08. The zero-order chi connectivity index (χ0) is 38.6. The summed E-state index contributed by atoms with van der Waals surface area (Å²) < 4.78 is 11.1. The molecule has 2 aliphatic rings. The number of carbonyl (C=O) groups is 3. The molecule has 2 aliphatic heterocycles. The number of aromatic amines is 1. The predicted octanol–water partition coefficient (Wildman–Crippen LogP) is 8.23. The van der Waals surface area contributed by atoms with Crippen LogP contribution < -0.4 is 5.32 Å². The Balaban J connectivity index is 0.902. The second kappa shape index (κ2) is 16.2. The number of aryl methyl sites for hydroxylation is 2. The number of imidazole rings is 1. The van der Waals surface area contributed by atoms with Gasteiger partial charge in [-0.05, 0) is 79.8 Å². The molecular formula is C45H46N6O5. The molecule has 4 atom stereocenters. The van der Waals surface area contributed by atoms with Crippen molar-refractivity contribution >= 4 is 28.9 Å². The van der Waals surface area contributed by atoms with Crippen LogP contribution in [0.25, 0.3) is 22.4 Å². The topological polar surface area (TPSA) is 134 Å². The van der Waals surface area contributed by atoms with Crippen molar-refractivity contribution in [2.24, 2.45) is 0 Å². The maximum atomic E-state index is 13.9. The zero-order valence-corrected chi connectivity index (χ0v) is 31.7. The minimum atomic E-state index is -0.864. The molecule has 0 saturated carbocycles. The molecule has 3 amide bonds. The van der Waals surface area contributed by atoms with Crippen molar-refractivity contribution in [3.63, 3.8) is 0 Å². The van der Waals surface area contributed by atoms with E-state index in [0.29, 0.717) is 30.3 Å². The first-order valence-electron chi connectivity index (χ1n) is 19.4. The summed E-state index contributed by atoms with van der Waals surface area (Å²) in [5, 5.41) is 2.73. The van der Waals surface area contributed by atoms with E-state index in [4.69, 9.17) is 14.1 Å². The van der Waals surface area contributed by atoms with Crippen molar-refractivity contribution in [3.05, 3.63) is 143 Å². The van der Waals surface area contributed by atoms with Gasteiger partial charge in [0, 0.05) is 18.7 Å². The van der Waals surface area contributed by atoms with Gasteiger partial charge in [-0.3, -0.25) is 9.59 Å². The monoisotopic (exact) mass is 750 g/mol. The van der Waals surface area contributed by atoms with Crippen LogP contribution in [0.4, 0.5) is 4.79 Å². The van der Waals surface area contributed by atoms with E-state index >= 15 is 0 Å². The van der Waals surface area contributed by atoms with Crippen LogP contribution in [0.5, 0.6) is 0 Å². The van der Waals surface area contributed by atoms with Gasteiger partial charge in [0.25, 0.3) is 5.91 Å². The molecule has 6 aromatic rings. The van der Waals surface area contributed by atoms with Gasteiger partial charge in [-0.25, -0.2) is 14.8 Å². The molecule has 2 fully saturated rings. The molecule has 4 aromatic carbocycles. The molecule has 2 N–H and O–H groups in total. The molecule has 2 aromatic heterocycles. The molecule has 4 heterocycles. The number of hydrogen-bond donors (Lipinski definition) is 2. The smallest absolute Gasteiger partial charge is 0.407 e. The lowest BCUT2D eigenvalue weighted by Crippen LogP contribution is -2.42. The number of H-pyrrole nitrogens is 1. The number of benzene rings is 4. The van der Waals surface area contributed by atoms with Crippen molar-refractivity contribution in [3.8, 4) is 11.3 Å². The Hall–Kier alpha value is -6.23. The molecule has 11 heteroatoms. The van der Waals surface area contributed by atoms with Crippen molar-refractivity contribution < 1.29 is 23.5 Å². The third-order valence-corrected chi connectivity index (χ3v) is 11.2. The molecule has 0 aliphatic carbocycles. The molecule has 8 rings (SSSR count). The largest absolute Gasteiger partial charge is 0.453 e. The van der Waals surface area contributed by atoms with Gasteiger partial charge >= 0.3 is 6.09 Å². The van der Waals surface area contributed by atoms with Crippen LogP contribution in [-0.2, 0) is 27.2 Å². The SMILES string of the molecule is COC(=O)N[C@@H](C(=O)N1CCC[C@H]1c1nc2ccc(CCc3ccc(-c4cnc([C@@H]5CCCN5C(=O)[C@H](C)c5ccccc5)o4)cc3)cc2[nH]1)c1ccccc1. The second-order valence-electron chi connectivity index (χ2n) is 14.7. The third-order valence-electron chi connectivity index (χ3n) is 11.2. The molecule has 286 valence electrons. The number of nitrogens with one attached hydrogen (secondary N) is 2. The van der Waals surface area contributed by atoms with E-state index < -0.39 is 12.1 Å². The Morgan fingerprint density at radius 1 is 0.821 bits per heavy atom. The van der Waals surface area contributed by atoms with E-state index in [0.717, 1.165) is 66.5 Å². The van der Waals surface area contributed by atoms with Crippen molar-refractivity contribution in [2.75, 3.05) is 20.2 Å². The molecule has 11 nitrogen and oxygen atoms in total. The lowest BCUT2D eigenvalue weighted by atomic mass is 9.99. The summed E-state index contributed by atoms with van der Waals surface area (Å²) in [6.07, 6.45) is 6.17. The number of hydrogen-bond acceptors (Lipinski definition) is 7. The van der Waals surface area contributed by atoms with Gasteiger partial charge in [-0.1, -0.05) is 91.0 Å². The highest BCUT2D eigenvalue weighted by Gasteiger charge is 2.38. The van der Waals surface area contributed by atoms with Gasteiger partial charge < -0.3 is 29.3 Å². The normalized spacial score (nSPS) is 17.9. The van der Waals surface area contributed by atoms with Crippen LogP contribution in [0, 0.1) is 0 Å². The number of fused-ring (bicyclic) bond motifs is 1. The fourth-order valence-electron chi connectivity index (χ4n) is 8.10. The van der Waals surface area contributed by atoms with Crippen LogP contribution in [0.1, 0.15) is 90.6 Å². The quantitative estimate of drug-likeness (QED) is 0.136. The minimum absolute atomic E-state index is 0.103. The number of amides is 3. The van der Waals surface area contributed by atoms with Gasteiger partial charge in [0.15, 0.2) is 5.76 Å². The molecule has 2 saturated heterocycles. The lowest BCUT2D eigenvalue weighted by molar-refractivity contribution is -0.135. The number of alkyl carbamates (subject to hydrolysis) is 1. The number of methoxy groups -OCH3 is 1. The summed E-state index contributed by atoms with van der Waals surface area (Å²) in [7, 11) is 1.29. The van der Waals surface area contributed by atoms with Crippen LogP contribution in [0.2, 0.25) is 0 Å². The molecular weight excluding hydrogens is 705 g/mol. The first kappa shape index (κ1) is 36.7. The molecule has 56 heavy (non-hydrogen) atoms. The minimum Gasteiger partial charge on any atom is -0.453 e. The van der Waals surface area contributed by atoms with Crippen molar-refractivity contribution in [2.45, 2.75) is 69.5 Å². The third kappa shape index (κ3) is 7.66. The van der Waals surface area contributed by atoms with Crippen LogP contribution >= 0.6 is 0 Å². The standard InChI is InChI=1S/C45H46N6O5/c1-29(32-11-5-3-6-12-32)43(52)51-26-10-16-38(51)42-46-28-39(56-42)33-22-19-30(20-23-33)17-18-31-21-24-35-36(27-31)48-41(47-35)37-15-9-25-50(37)44(53)40(49-45(54)55-2)34-13-7-4-8-14-34/h3-8,11-14,19-24,27-29,37-38,40H,9-10,15-18,25-26H2,1-2H3,(H,47,48)(H,49,54)/t29-,37+,38+,40-/m1/s1. The van der Waals surface area contributed by atoms with E-state index in [1.807, 2.05) is 83.5 Å². The first-order chi connectivity index (χ1) is 27.4. The predicted molar refractivity (Wildman–Crippen MR) is 212 cm³/mol. The first-order valence-corrected chi connectivity index (χ1v) is 19.4. The number of likely N-dealkylation sites (tertiary alicyclic amines) is 2. The summed E-state index contributed by atoms with van der Waals surface area (Å²) in [5.74, 6) is 1.71. The highest BCUT2D eigenvalue weighted by Crippen LogP contribution is 2.37. The number of ether oxygens (including phenoxy) is 1. The fourth-order valence-corrected chi connectivity index (χ4v) is 8.10. The van der Waals surface area contributed by atoms with E-state index in [2.05, 4.69) is 51.7 Å². The fraction of sp³-hybridized carbons (Fsp3) is 0.311. The average molecular weight is 751 g/mol. The molecule has 0 unspecified atom stereocenters. The summed E-state index contributed by atoms with van der Waals surface area (Å²) >= 11 is 0. The Bertz CT molecular complexity index is 2300. The highest BCUT2D eigenvalue weighted by molar-refractivity contribution is 5.87. The maximum absolute atomic E-state index is 13.9. The van der Waals surface area contributed by atoms with E-state index in [1.165, 1.54) is 18.2 Å².